The van der Waals surface area contributed by atoms with Gasteiger partial charge in [0, 0.05) is 0 Å². The smallest absolute Gasteiger partial charge is 0.416 e. The molecule has 29 heavy (non-hydrogen) atoms. The van der Waals surface area contributed by atoms with Crippen LogP contribution in [0, 0.1) is 6.92 Å². The summed E-state index contributed by atoms with van der Waals surface area (Å²) in [6, 6.07) is 9.10. The number of carbonyl (C=O) groups is 1. The molecule has 0 spiro atoms. The first-order valence-electron chi connectivity index (χ1n) is 8.60. The van der Waals surface area contributed by atoms with Crippen molar-refractivity contribution in [3.05, 3.63) is 53.6 Å². The molecule has 2 aromatic carbocycles. The van der Waals surface area contributed by atoms with Gasteiger partial charge in [0.15, 0.2) is 6.61 Å². The minimum absolute atomic E-state index is 0.0809. The Labute approximate surface area is 165 Å². The van der Waals surface area contributed by atoms with Gasteiger partial charge in [-0.1, -0.05) is 0 Å². The monoisotopic (exact) mass is 414 g/mol. The maximum absolute atomic E-state index is 12.5. The number of benzene rings is 2. The lowest BCUT2D eigenvalue weighted by atomic mass is 10.2. The fourth-order valence-corrected chi connectivity index (χ4v) is 2.24. The second-order valence-corrected chi connectivity index (χ2v) is 6.09. The number of ether oxygens (including phenoxy) is 4. The van der Waals surface area contributed by atoms with Crippen molar-refractivity contribution in [1.82, 2.24) is 0 Å². The zero-order chi connectivity index (χ0) is 21.4. The number of aliphatic hydroxyl groups is 1. The number of carbonyl (C=O) groups excluding carboxylic acids is 1. The van der Waals surface area contributed by atoms with Crippen LogP contribution in [0.3, 0.4) is 0 Å². The standard InChI is InChI=1S/C20H21F3O6/c1-13-9-17(7-8-18(13)29-12-19(25)26-2)28-11-15(24)10-27-16-5-3-14(4-6-16)20(21,22)23/h3-9,15,24H,10-12H2,1-2H3. The van der Waals surface area contributed by atoms with Crippen LogP contribution in [0.1, 0.15) is 11.1 Å². The van der Waals surface area contributed by atoms with Gasteiger partial charge in [-0.15, -0.1) is 0 Å². The molecule has 0 aliphatic heterocycles. The van der Waals surface area contributed by atoms with Gasteiger partial charge in [0.05, 0.1) is 12.7 Å². The molecule has 0 aliphatic carbocycles. The summed E-state index contributed by atoms with van der Waals surface area (Å²) in [4.78, 5) is 11.1. The highest BCUT2D eigenvalue weighted by Gasteiger charge is 2.30. The Balaban J connectivity index is 1.79. The molecule has 0 fully saturated rings. The Kier molecular flexibility index (Phi) is 7.72. The molecule has 0 heterocycles. The summed E-state index contributed by atoms with van der Waals surface area (Å²) in [6.07, 6.45) is -5.41. The fourth-order valence-electron chi connectivity index (χ4n) is 2.24. The Morgan fingerprint density at radius 3 is 2.14 bits per heavy atom. The minimum Gasteiger partial charge on any atom is -0.491 e. The van der Waals surface area contributed by atoms with E-state index in [-0.39, 0.29) is 25.6 Å². The van der Waals surface area contributed by atoms with Gasteiger partial charge in [-0.3, -0.25) is 0 Å². The number of aliphatic hydroxyl groups excluding tert-OH is 1. The number of rotatable bonds is 9. The summed E-state index contributed by atoms with van der Waals surface area (Å²) in [5.41, 5.74) is -0.0509. The molecule has 1 N–H and O–H groups in total. The number of hydrogen-bond acceptors (Lipinski definition) is 6. The van der Waals surface area contributed by atoms with E-state index in [2.05, 4.69) is 4.74 Å². The maximum atomic E-state index is 12.5. The Bertz CT molecular complexity index is 805. The molecule has 0 amide bonds. The quantitative estimate of drug-likeness (QED) is 0.634. The first-order chi connectivity index (χ1) is 13.7. The summed E-state index contributed by atoms with van der Waals surface area (Å²) >= 11 is 0. The van der Waals surface area contributed by atoms with Crippen LogP contribution in [0.4, 0.5) is 13.2 Å². The van der Waals surface area contributed by atoms with Crippen LogP contribution < -0.4 is 14.2 Å². The maximum Gasteiger partial charge on any atom is 0.416 e. The Hall–Kier alpha value is -2.94. The van der Waals surface area contributed by atoms with E-state index in [9.17, 15) is 23.1 Å². The highest BCUT2D eigenvalue weighted by atomic mass is 19.4. The molecule has 0 aliphatic rings. The van der Waals surface area contributed by atoms with Crippen molar-refractivity contribution in [1.29, 1.82) is 0 Å². The van der Waals surface area contributed by atoms with Gasteiger partial charge in [0.25, 0.3) is 0 Å². The van der Waals surface area contributed by atoms with Crippen molar-refractivity contribution in [2.24, 2.45) is 0 Å². The molecule has 1 atom stereocenters. The summed E-state index contributed by atoms with van der Waals surface area (Å²) < 4.78 is 58.1. The highest BCUT2D eigenvalue weighted by Crippen LogP contribution is 2.30. The van der Waals surface area contributed by atoms with Crippen molar-refractivity contribution in [3.8, 4) is 17.2 Å². The van der Waals surface area contributed by atoms with Gasteiger partial charge < -0.3 is 24.1 Å². The molecule has 0 saturated carbocycles. The number of halogens is 3. The molecule has 2 aromatic rings. The molecular weight excluding hydrogens is 393 g/mol. The molecule has 6 nitrogen and oxygen atoms in total. The van der Waals surface area contributed by atoms with Crippen molar-refractivity contribution in [2.45, 2.75) is 19.2 Å². The average molecular weight is 414 g/mol. The molecule has 0 saturated heterocycles. The third-order valence-corrected chi connectivity index (χ3v) is 3.79. The average Bonchev–Trinajstić information content (AvgIpc) is 2.69. The van der Waals surface area contributed by atoms with Gasteiger partial charge in [-0.25, -0.2) is 4.79 Å². The Morgan fingerprint density at radius 2 is 1.59 bits per heavy atom. The van der Waals surface area contributed by atoms with E-state index in [0.29, 0.717) is 11.5 Å². The summed E-state index contributed by atoms with van der Waals surface area (Å²) in [5, 5.41) is 9.95. The summed E-state index contributed by atoms with van der Waals surface area (Å²) in [7, 11) is 1.27. The first kappa shape index (κ1) is 22.4. The fraction of sp³-hybridized carbons (Fsp3) is 0.350. The number of aryl methyl sites for hydroxylation is 1. The SMILES string of the molecule is COC(=O)COc1ccc(OCC(O)COc2ccc(C(F)(F)F)cc2)cc1C. The van der Waals surface area contributed by atoms with E-state index < -0.39 is 23.8 Å². The van der Waals surface area contributed by atoms with Crippen molar-refractivity contribution in [3.63, 3.8) is 0 Å². The normalized spacial score (nSPS) is 12.2. The van der Waals surface area contributed by atoms with Crippen LogP contribution in [0.25, 0.3) is 0 Å². The van der Waals surface area contributed by atoms with Crippen molar-refractivity contribution < 1.29 is 42.0 Å². The van der Waals surface area contributed by atoms with Crippen LogP contribution in [0.15, 0.2) is 42.5 Å². The minimum atomic E-state index is -4.41. The third-order valence-electron chi connectivity index (χ3n) is 3.79. The first-order valence-corrected chi connectivity index (χ1v) is 8.60. The number of alkyl halides is 3. The zero-order valence-corrected chi connectivity index (χ0v) is 15.9. The number of hydrogen-bond donors (Lipinski definition) is 1. The van der Waals surface area contributed by atoms with Crippen LogP contribution in [-0.2, 0) is 15.7 Å². The van der Waals surface area contributed by atoms with Gasteiger partial charge in [-0.2, -0.15) is 13.2 Å². The third kappa shape index (κ3) is 7.19. The van der Waals surface area contributed by atoms with Crippen molar-refractivity contribution in [2.75, 3.05) is 26.9 Å². The molecule has 1 unspecified atom stereocenters. The van der Waals surface area contributed by atoms with Gasteiger partial charge in [0.1, 0.15) is 36.6 Å². The Morgan fingerprint density at radius 1 is 1.00 bits per heavy atom. The molecule has 0 bridgehead atoms. The van der Waals surface area contributed by atoms with E-state index in [1.165, 1.54) is 19.2 Å². The molecule has 9 heteroatoms. The van der Waals surface area contributed by atoms with Crippen LogP contribution in [0.5, 0.6) is 17.2 Å². The van der Waals surface area contributed by atoms with Gasteiger partial charge in [-0.05, 0) is 55.0 Å². The number of esters is 1. The van der Waals surface area contributed by atoms with Gasteiger partial charge >= 0.3 is 12.1 Å². The summed E-state index contributed by atoms with van der Waals surface area (Å²) in [5.74, 6) is 0.677. The second-order valence-electron chi connectivity index (χ2n) is 6.09. The largest absolute Gasteiger partial charge is 0.491 e. The molecule has 158 valence electrons. The van der Waals surface area contributed by atoms with E-state index >= 15 is 0 Å². The van der Waals surface area contributed by atoms with E-state index in [1.54, 1.807) is 25.1 Å². The van der Waals surface area contributed by atoms with Crippen LogP contribution in [-0.4, -0.2) is 44.1 Å². The van der Waals surface area contributed by atoms with Crippen LogP contribution in [0.2, 0.25) is 0 Å². The van der Waals surface area contributed by atoms with E-state index in [1.807, 2.05) is 0 Å². The lowest BCUT2D eigenvalue weighted by Gasteiger charge is -2.15. The predicted octanol–water partition coefficient (Wildman–Crippen LogP) is 3.38. The lowest BCUT2D eigenvalue weighted by molar-refractivity contribution is -0.143. The molecular formula is C20H21F3O6. The predicted molar refractivity (Wildman–Crippen MR) is 97.1 cm³/mol. The lowest BCUT2D eigenvalue weighted by Crippen LogP contribution is -2.25. The number of methoxy groups -OCH3 is 1. The van der Waals surface area contributed by atoms with E-state index in [0.717, 1.165) is 17.7 Å². The summed E-state index contributed by atoms with van der Waals surface area (Å²) in [6.45, 7) is 1.33. The molecule has 2 rings (SSSR count). The second kappa shape index (κ2) is 10.0. The van der Waals surface area contributed by atoms with Crippen LogP contribution >= 0.6 is 0 Å². The van der Waals surface area contributed by atoms with Gasteiger partial charge in [0.2, 0.25) is 0 Å². The molecule has 0 aromatic heterocycles. The van der Waals surface area contributed by atoms with Crippen molar-refractivity contribution >= 4 is 5.97 Å². The highest BCUT2D eigenvalue weighted by molar-refractivity contribution is 5.70. The molecule has 0 radical (unpaired) electrons. The zero-order valence-electron chi connectivity index (χ0n) is 15.9. The topological polar surface area (TPSA) is 74.2 Å². The van der Waals surface area contributed by atoms with E-state index in [4.69, 9.17) is 14.2 Å².